The zero-order valence-corrected chi connectivity index (χ0v) is 13.2. The summed E-state index contributed by atoms with van der Waals surface area (Å²) in [6.07, 6.45) is 1.55. The molecule has 0 spiro atoms. The van der Waals surface area contributed by atoms with Crippen molar-refractivity contribution in [3.8, 4) is 0 Å². The number of benzene rings is 2. The van der Waals surface area contributed by atoms with Crippen molar-refractivity contribution >= 4 is 5.97 Å². The summed E-state index contributed by atoms with van der Waals surface area (Å²) in [5, 5.41) is 19.5. The standard InChI is InChI=1S/C18H17N3O3/c1-24-17(22)13-21-12-16(19-20-21)18(23,14-8-4-2-5-9-14)15-10-6-3-7-11-15/h2-12,23H,13H2,1H3. The molecule has 24 heavy (non-hydrogen) atoms. The first-order chi connectivity index (χ1) is 11.6. The van der Waals surface area contributed by atoms with Crippen LogP contribution < -0.4 is 0 Å². The van der Waals surface area contributed by atoms with Crippen LogP contribution >= 0.6 is 0 Å². The number of hydrogen-bond donors (Lipinski definition) is 1. The van der Waals surface area contributed by atoms with Crippen molar-refractivity contribution in [1.29, 1.82) is 0 Å². The van der Waals surface area contributed by atoms with E-state index >= 15 is 0 Å². The van der Waals surface area contributed by atoms with Crippen LogP contribution in [0.1, 0.15) is 16.8 Å². The SMILES string of the molecule is COC(=O)Cn1cc(C(O)(c2ccccc2)c2ccccc2)nn1. The lowest BCUT2D eigenvalue weighted by Gasteiger charge is -2.27. The van der Waals surface area contributed by atoms with Gasteiger partial charge in [0.1, 0.15) is 12.2 Å². The molecule has 0 unspecified atom stereocenters. The number of methoxy groups -OCH3 is 1. The minimum atomic E-state index is -1.46. The molecule has 0 radical (unpaired) electrons. The molecule has 1 aromatic heterocycles. The van der Waals surface area contributed by atoms with Gasteiger partial charge in [-0.3, -0.25) is 4.79 Å². The molecule has 1 N–H and O–H groups in total. The van der Waals surface area contributed by atoms with E-state index in [-0.39, 0.29) is 6.54 Å². The van der Waals surface area contributed by atoms with E-state index in [9.17, 15) is 9.90 Å². The summed E-state index contributed by atoms with van der Waals surface area (Å²) in [7, 11) is 1.31. The third-order valence-electron chi connectivity index (χ3n) is 3.81. The number of rotatable bonds is 5. The van der Waals surface area contributed by atoms with Crippen molar-refractivity contribution in [2.75, 3.05) is 7.11 Å². The summed E-state index contributed by atoms with van der Waals surface area (Å²) in [5.74, 6) is -0.436. The third-order valence-corrected chi connectivity index (χ3v) is 3.81. The van der Waals surface area contributed by atoms with E-state index in [0.29, 0.717) is 16.8 Å². The lowest BCUT2D eigenvalue weighted by atomic mass is 9.84. The maximum Gasteiger partial charge on any atom is 0.327 e. The van der Waals surface area contributed by atoms with Gasteiger partial charge in [0.2, 0.25) is 0 Å². The quantitative estimate of drug-likeness (QED) is 0.724. The average Bonchev–Trinajstić information content (AvgIpc) is 3.11. The highest BCUT2D eigenvalue weighted by molar-refractivity contribution is 5.68. The van der Waals surface area contributed by atoms with Crippen LogP contribution in [-0.2, 0) is 21.7 Å². The molecule has 0 saturated carbocycles. The minimum absolute atomic E-state index is 0.0663. The number of carbonyl (C=O) groups is 1. The zero-order valence-electron chi connectivity index (χ0n) is 13.2. The highest BCUT2D eigenvalue weighted by atomic mass is 16.5. The first-order valence-electron chi connectivity index (χ1n) is 7.45. The number of hydrogen-bond acceptors (Lipinski definition) is 5. The molecule has 1 heterocycles. The third kappa shape index (κ3) is 2.91. The minimum Gasteiger partial charge on any atom is -0.468 e. The van der Waals surface area contributed by atoms with Gasteiger partial charge in [0, 0.05) is 0 Å². The van der Waals surface area contributed by atoms with E-state index in [2.05, 4.69) is 15.0 Å². The summed E-state index contributed by atoms with van der Waals surface area (Å²) >= 11 is 0. The van der Waals surface area contributed by atoms with Crippen LogP contribution in [0, 0.1) is 0 Å². The van der Waals surface area contributed by atoms with Crippen LogP contribution in [0.15, 0.2) is 66.9 Å². The molecule has 3 rings (SSSR count). The Morgan fingerprint density at radius 3 is 2.12 bits per heavy atom. The van der Waals surface area contributed by atoms with Gasteiger partial charge in [-0.2, -0.15) is 0 Å². The largest absolute Gasteiger partial charge is 0.468 e. The van der Waals surface area contributed by atoms with Crippen molar-refractivity contribution in [2.24, 2.45) is 0 Å². The number of nitrogens with zero attached hydrogens (tertiary/aromatic N) is 3. The van der Waals surface area contributed by atoms with Crippen molar-refractivity contribution in [2.45, 2.75) is 12.1 Å². The molecule has 3 aromatic rings. The molecular weight excluding hydrogens is 306 g/mol. The van der Waals surface area contributed by atoms with Crippen molar-refractivity contribution in [3.05, 3.63) is 83.7 Å². The summed E-state index contributed by atoms with van der Waals surface area (Å²) in [6, 6.07) is 18.5. The van der Waals surface area contributed by atoms with Gasteiger partial charge < -0.3 is 9.84 Å². The molecule has 0 bridgehead atoms. The summed E-state index contributed by atoms with van der Waals surface area (Å²) in [4.78, 5) is 11.4. The van der Waals surface area contributed by atoms with Crippen molar-refractivity contribution in [1.82, 2.24) is 15.0 Å². The van der Waals surface area contributed by atoms with Gasteiger partial charge in [-0.15, -0.1) is 5.10 Å². The lowest BCUT2D eigenvalue weighted by molar-refractivity contribution is -0.141. The molecule has 0 aliphatic carbocycles. The number of aliphatic hydroxyl groups is 1. The van der Waals surface area contributed by atoms with Gasteiger partial charge in [0.25, 0.3) is 0 Å². The second-order valence-electron chi connectivity index (χ2n) is 5.32. The van der Waals surface area contributed by atoms with E-state index in [1.54, 1.807) is 6.20 Å². The van der Waals surface area contributed by atoms with Gasteiger partial charge in [0.05, 0.1) is 13.3 Å². The highest BCUT2D eigenvalue weighted by Gasteiger charge is 2.36. The van der Waals surface area contributed by atoms with Crippen molar-refractivity contribution < 1.29 is 14.6 Å². The fourth-order valence-electron chi connectivity index (χ4n) is 2.56. The van der Waals surface area contributed by atoms with Crippen LogP contribution in [0.4, 0.5) is 0 Å². The number of carbonyl (C=O) groups excluding carboxylic acids is 1. The second-order valence-corrected chi connectivity index (χ2v) is 5.32. The van der Waals surface area contributed by atoms with E-state index < -0.39 is 11.6 Å². The molecule has 122 valence electrons. The Kier molecular flexibility index (Phi) is 4.39. The summed E-state index contributed by atoms with van der Waals surface area (Å²) in [5.41, 5.74) is 0.211. The Morgan fingerprint density at radius 2 is 1.62 bits per heavy atom. The van der Waals surface area contributed by atoms with E-state index in [0.717, 1.165) is 0 Å². The summed E-state index contributed by atoms with van der Waals surface area (Å²) in [6.45, 7) is -0.0663. The molecule has 6 nitrogen and oxygen atoms in total. The molecule has 0 fully saturated rings. The van der Waals surface area contributed by atoms with Crippen LogP contribution in [0.5, 0.6) is 0 Å². The Labute approximate surface area is 139 Å². The van der Waals surface area contributed by atoms with Crippen LogP contribution in [0.25, 0.3) is 0 Å². The fraction of sp³-hybridized carbons (Fsp3) is 0.167. The van der Waals surface area contributed by atoms with Crippen LogP contribution in [0.2, 0.25) is 0 Å². The Bertz CT molecular complexity index is 776. The lowest BCUT2D eigenvalue weighted by Crippen LogP contribution is -2.29. The fourth-order valence-corrected chi connectivity index (χ4v) is 2.56. The molecule has 0 saturated heterocycles. The number of ether oxygens (including phenoxy) is 1. The maximum atomic E-state index is 11.5. The maximum absolute atomic E-state index is 11.5. The molecule has 0 amide bonds. The average molecular weight is 323 g/mol. The normalized spacial score (nSPS) is 11.2. The number of aromatic nitrogens is 3. The zero-order chi connectivity index (χ0) is 17.0. The van der Waals surface area contributed by atoms with Gasteiger partial charge in [-0.25, -0.2) is 4.68 Å². The predicted molar refractivity (Wildman–Crippen MR) is 87.0 cm³/mol. The molecular formula is C18H17N3O3. The van der Waals surface area contributed by atoms with Crippen LogP contribution in [-0.4, -0.2) is 33.2 Å². The first kappa shape index (κ1) is 15.9. The predicted octanol–water partition coefficient (Wildman–Crippen LogP) is 1.74. The molecule has 0 aliphatic heterocycles. The Balaban J connectivity index is 2.08. The molecule has 2 aromatic carbocycles. The highest BCUT2D eigenvalue weighted by Crippen LogP contribution is 2.35. The van der Waals surface area contributed by atoms with Crippen LogP contribution in [0.3, 0.4) is 0 Å². The smallest absolute Gasteiger partial charge is 0.327 e. The van der Waals surface area contributed by atoms with Gasteiger partial charge in [-0.05, 0) is 11.1 Å². The van der Waals surface area contributed by atoms with E-state index in [1.807, 2.05) is 60.7 Å². The Hall–Kier alpha value is -2.99. The molecule has 0 atom stereocenters. The molecule has 0 aliphatic rings. The van der Waals surface area contributed by atoms with Gasteiger partial charge >= 0.3 is 5.97 Å². The summed E-state index contributed by atoms with van der Waals surface area (Å²) < 4.78 is 5.97. The van der Waals surface area contributed by atoms with Gasteiger partial charge in [-0.1, -0.05) is 65.9 Å². The van der Waals surface area contributed by atoms with E-state index in [4.69, 9.17) is 0 Å². The second kappa shape index (κ2) is 6.64. The number of esters is 1. The Morgan fingerprint density at radius 1 is 1.08 bits per heavy atom. The van der Waals surface area contributed by atoms with E-state index in [1.165, 1.54) is 11.8 Å². The molecule has 6 heteroatoms. The van der Waals surface area contributed by atoms with Crippen molar-refractivity contribution in [3.63, 3.8) is 0 Å². The monoisotopic (exact) mass is 323 g/mol. The van der Waals surface area contributed by atoms with Gasteiger partial charge in [0.15, 0.2) is 5.60 Å². The topological polar surface area (TPSA) is 77.2 Å². The first-order valence-corrected chi connectivity index (χ1v) is 7.45.